The topological polar surface area (TPSA) is 40.6 Å². The molecule has 5 heteroatoms. The number of hydrogen-bond acceptors (Lipinski definition) is 3. The number of benzene rings is 1. The lowest BCUT2D eigenvalue weighted by Gasteiger charge is -2.15. The molecule has 17 heavy (non-hydrogen) atoms. The second kappa shape index (κ2) is 4.16. The second-order valence-electron chi connectivity index (χ2n) is 4.33. The van der Waals surface area contributed by atoms with Crippen LogP contribution in [0.1, 0.15) is 5.56 Å². The highest BCUT2D eigenvalue weighted by molar-refractivity contribution is 7.89. The number of sulfonamides is 1. The lowest BCUT2D eigenvalue weighted by molar-refractivity contribution is 0.381. The van der Waals surface area contributed by atoms with Crippen molar-refractivity contribution in [3.63, 3.8) is 0 Å². The fourth-order valence-electron chi connectivity index (χ4n) is 1.73. The van der Waals surface area contributed by atoms with Crippen LogP contribution in [0.5, 0.6) is 0 Å². The van der Waals surface area contributed by atoms with E-state index >= 15 is 0 Å². The molecule has 1 aromatic carbocycles. The molecule has 0 radical (unpaired) electrons. The molecule has 1 saturated heterocycles. The average Bonchev–Trinajstić information content (AvgIpc) is 2.60. The lowest BCUT2D eigenvalue weighted by Crippen LogP contribution is -2.30. The molecular formula is C12H16N2O2S. The van der Waals surface area contributed by atoms with Crippen LogP contribution in [0, 0.1) is 6.92 Å². The summed E-state index contributed by atoms with van der Waals surface area (Å²) in [7, 11) is -1.55. The first-order valence-corrected chi connectivity index (χ1v) is 6.81. The summed E-state index contributed by atoms with van der Waals surface area (Å²) in [6, 6.07) is 6.90. The zero-order valence-corrected chi connectivity index (χ0v) is 10.9. The molecule has 1 aromatic rings. The van der Waals surface area contributed by atoms with Gasteiger partial charge in [0.15, 0.2) is 0 Å². The summed E-state index contributed by atoms with van der Waals surface area (Å²) in [5.41, 5.74) is 1.87. The fraction of sp³-hybridized carbons (Fsp3) is 0.333. The molecule has 0 aromatic heterocycles. The van der Waals surface area contributed by atoms with E-state index in [1.54, 1.807) is 12.1 Å². The molecule has 0 bridgehead atoms. The molecule has 0 aliphatic carbocycles. The molecule has 0 N–H and O–H groups in total. The minimum absolute atomic E-state index is 0.339. The van der Waals surface area contributed by atoms with Crippen molar-refractivity contribution in [3.05, 3.63) is 42.1 Å². The normalized spacial score (nSPS) is 17.8. The first-order chi connectivity index (χ1) is 7.91. The Kier molecular flexibility index (Phi) is 2.97. The van der Waals surface area contributed by atoms with Gasteiger partial charge in [-0.3, -0.25) is 0 Å². The minimum atomic E-state index is -3.39. The first kappa shape index (κ1) is 12.1. The van der Waals surface area contributed by atoms with E-state index in [1.165, 1.54) is 4.31 Å². The molecule has 0 atom stereocenters. The molecule has 0 saturated carbocycles. The van der Waals surface area contributed by atoms with Crippen molar-refractivity contribution < 1.29 is 8.42 Å². The molecule has 92 valence electrons. The number of nitrogens with zero attached hydrogens (tertiary/aromatic N) is 2. The van der Waals surface area contributed by atoms with E-state index in [4.69, 9.17) is 0 Å². The van der Waals surface area contributed by atoms with E-state index in [0.29, 0.717) is 18.1 Å². The molecule has 1 aliphatic heterocycles. The number of hydrogen-bond donors (Lipinski definition) is 0. The SMILES string of the molecule is C=C1CN(S(=O)(=O)c2ccc(C)cc2)CN1C. The van der Waals surface area contributed by atoms with Crippen molar-refractivity contribution in [1.29, 1.82) is 0 Å². The van der Waals surface area contributed by atoms with Gasteiger partial charge in [-0.15, -0.1) is 0 Å². The largest absolute Gasteiger partial charge is 0.363 e. The smallest absolute Gasteiger partial charge is 0.244 e. The Balaban J connectivity index is 2.31. The van der Waals surface area contributed by atoms with Gasteiger partial charge in [-0.05, 0) is 19.1 Å². The summed E-state index contributed by atoms with van der Waals surface area (Å²) in [5, 5.41) is 0. The summed E-state index contributed by atoms with van der Waals surface area (Å²) in [6.45, 7) is 6.50. The van der Waals surface area contributed by atoms with Gasteiger partial charge in [0.2, 0.25) is 10.0 Å². The van der Waals surface area contributed by atoms with Crippen LogP contribution in [-0.2, 0) is 10.0 Å². The summed E-state index contributed by atoms with van der Waals surface area (Å²) >= 11 is 0. The van der Waals surface area contributed by atoms with E-state index in [1.807, 2.05) is 31.0 Å². The number of likely N-dealkylation sites (N-methyl/N-ethyl adjacent to an activating group) is 1. The summed E-state index contributed by atoms with van der Waals surface area (Å²) in [5.74, 6) is 0. The molecule has 1 aliphatic rings. The Morgan fingerprint density at radius 3 is 2.29 bits per heavy atom. The van der Waals surface area contributed by atoms with Crippen LogP contribution in [0.15, 0.2) is 41.4 Å². The maximum absolute atomic E-state index is 12.3. The van der Waals surface area contributed by atoms with E-state index in [-0.39, 0.29) is 0 Å². The maximum Gasteiger partial charge on any atom is 0.244 e. The Hall–Kier alpha value is -1.33. The van der Waals surface area contributed by atoms with Crippen LogP contribution < -0.4 is 0 Å². The average molecular weight is 252 g/mol. The molecule has 4 nitrogen and oxygen atoms in total. The molecule has 0 unspecified atom stereocenters. The lowest BCUT2D eigenvalue weighted by atomic mass is 10.2. The summed E-state index contributed by atoms with van der Waals surface area (Å²) < 4.78 is 26.0. The standard InChI is InChI=1S/C12H16N2O2S/c1-10-4-6-12(7-5-10)17(15,16)14-8-11(2)13(3)9-14/h4-7H,2,8-9H2,1,3H3. The Bertz CT molecular complexity index is 534. The van der Waals surface area contributed by atoms with Crippen molar-refractivity contribution in [1.82, 2.24) is 9.21 Å². The highest BCUT2D eigenvalue weighted by atomic mass is 32.2. The quantitative estimate of drug-likeness (QED) is 0.799. The monoisotopic (exact) mass is 252 g/mol. The van der Waals surface area contributed by atoms with Gasteiger partial charge in [-0.1, -0.05) is 24.3 Å². The third-order valence-electron chi connectivity index (χ3n) is 2.93. The van der Waals surface area contributed by atoms with E-state index in [2.05, 4.69) is 6.58 Å². The van der Waals surface area contributed by atoms with Crippen LogP contribution in [-0.4, -0.2) is 37.9 Å². The van der Waals surface area contributed by atoms with Gasteiger partial charge < -0.3 is 4.90 Å². The summed E-state index contributed by atoms with van der Waals surface area (Å²) in [4.78, 5) is 2.18. The fourth-order valence-corrected chi connectivity index (χ4v) is 3.15. The molecule has 0 amide bonds. The number of rotatable bonds is 2. The van der Waals surface area contributed by atoms with Crippen LogP contribution in [0.4, 0.5) is 0 Å². The highest BCUT2D eigenvalue weighted by Crippen LogP contribution is 2.22. The maximum atomic E-state index is 12.3. The minimum Gasteiger partial charge on any atom is -0.363 e. The second-order valence-corrected chi connectivity index (χ2v) is 6.27. The Morgan fingerprint density at radius 1 is 1.24 bits per heavy atom. The van der Waals surface area contributed by atoms with Gasteiger partial charge in [0.05, 0.1) is 18.1 Å². The van der Waals surface area contributed by atoms with E-state index in [0.717, 1.165) is 11.3 Å². The van der Waals surface area contributed by atoms with Gasteiger partial charge in [0.1, 0.15) is 0 Å². The van der Waals surface area contributed by atoms with Crippen LogP contribution in [0.2, 0.25) is 0 Å². The van der Waals surface area contributed by atoms with Crippen molar-refractivity contribution in [2.75, 3.05) is 20.3 Å². The zero-order chi connectivity index (χ0) is 12.6. The predicted molar refractivity (Wildman–Crippen MR) is 66.8 cm³/mol. The van der Waals surface area contributed by atoms with Crippen molar-refractivity contribution >= 4 is 10.0 Å². The summed E-state index contributed by atoms with van der Waals surface area (Å²) in [6.07, 6.45) is 0. The van der Waals surface area contributed by atoms with E-state index < -0.39 is 10.0 Å². The van der Waals surface area contributed by atoms with Gasteiger partial charge in [-0.25, -0.2) is 8.42 Å². The molecule has 0 spiro atoms. The van der Waals surface area contributed by atoms with Gasteiger partial charge in [-0.2, -0.15) is 4.31 Å². The highest BCUT2D eigenvalue weighted by Gasteiger charge is 2.31. The van der Waals surface area contributed by atoms with Crippen LogP contribution in [0.3, 0.4) is 0 Å². The molecular weight excluding hydrogens is 236 g/mol. The van der Waals surface area contributed by atoms with Gasteiger partial charge >= 0.3 is 0 Å². The molecule has 1 fully saturated rings. The Labute approximate surface area is 102 Å². The van der Waals surface area contributed by atoms with Crippen molar-refractivity contribution in [3.8, 4) is 0 Å². The van der Waals surface area contributed by atoms with Crippen molar-refractivity contribution in [2.45, 2.75) is 11.8 Å². The first-order valence-electron chi connectivity index (χ1n) is 5.37. The van der Waals surface area contributed by atoms with Gasteiger partial charge in [0.25, 0.3) is 0 Å². The zero-order valence-electron chi connectivity index (χ0n) is 10.0. The Morgan fingerprint density at radius 2 is 1.82 bits per heavy atom. The predicted octanol–water partition coefficient (Wildman–Crippen LogP) is 1.40. The van der Waals surface area contributed by atoms with Crippen LogP contribution >= 0.6 is 0 Å². The van der Waals surface area contributed by atoms with E-state index in [9.17, 15) is 8.42 Å². The molecule has 2 rings (SSSR count). The molecule has 1 heterocycles. The van der Waals surface area contributed by atoms with Gasteiger partial charge in [0, 0.05) is 12.7 Å². The van der Waals surface area contributed by atoms with Crippen LogP contribution in [0.25, 0.3) is 0 Å². The third kappa shape index (κ3) is 2.21. The third-order valence-corrected chi connectivity index (χ3v) is 4.72. The number of aryl methyl sites for hydroxylation is 1. The van der Waals surface area contributed by atoms with Crippen molar-refractivity contribution in [2.24, 2.45) is 0 Å².